The van der Waals surface area contributed by atoms with E-state index in [1.165, 1.54) is 6.42 Å². The fourth-order valence-electron chi connectivity index (χ4n) is 5.72. The first-order chi connectivity index (χ1) is 16.2. The summed E-state index contributed by atoms with van der Waals surface area (Å²) in [5, 5.41) is 3.27. The van der Waals surface area contributed by atoms with Crippen LogP contribution in [0.2, 0.25) is 5.02 Å². The van der Waals surface area contributed by atoms with Crippen LogP contribution >= 0.6 is 11.6 Å². The Morgan fingerprint density at radius 1 is 1.15 bits per heavy atom. The molecule has 0 aromatic heterocycles. The zero-order valence-corrected chi connectivity index (χ0v) is 22.1. The van der Waals surface area contributed by atoms with E-state index in [4.69, 9.17) is 11.6 Å². The molecule has 1 aliphatic heterocycles. The number of nitrogens with zero attached hydrogens (tertiary/aromatic N) is 2. The van der Waals surface area contributed by atoms with Crippen LogP contribution in [0.3, 0.4) is 0 Å². The summed E-state index contributed by atoms with van der Waals surface area (Å²) in [6, 6.07) is 3.95. The van der Waals surface area contributed by atoms with Crippen LogP contribution in [-0.2, 0) is 15.0 Å². The van der Waals surface area contributed by atoms with Gasteiger partial charge in [0.1, 0.15) is 0 Å². The van der Waals surface area contributed by atoms with E-state index in [1.807, 2.05) is 30.9 Å². The third-order valence-electron chi connectivity index (χ3n) is 7.72. The highest BCUT2D eigenvalue weighted by atomic mass is 35.5. The van der Waals surface area contributed by atoms with Gasteiger partial charge in [-0.05, 0) is 57.2 Å². The van der Waals surface area contributed by atoms with Gasteiger partial charge in [-0.2, -0.15) is 0 Å². The van der Waals surface area contributed by atoms with Crippen molar-refractivity contribution in [1.82, 2.24) is 10.2 Å². The van der Waals surface area contributed by atoms with Gasteiger partial charge in [-0.1, -0.05) is 51.6 Å². The van der Waals surface area contributed by atoms with Crippen molar-refractivity contribution >= 4 is 35.0 Å². The summed E-state index contributed by atoms with van der Waals surface area (Å²) in [6.07, 6.45) is 7.23. The Hall–Kier alpha value is -2.08. The number of anilines is 1. The summed E-state index contributed by atoms with van der Waals surface area (Å²) in [4.78, 5) is 42.9. The van der Waals surface area contributed by atoms with Gasteiger partial charge in [0, 0.05) is 37.3 Å². The van der Waals surface area contributed by atoms with Crippen LogP contribution in [0.4, 0.5) is 5.69 Å². The van der Waals surface area contributed by atoms with Crippen LogP contribution in [0.25, 0.3) is 0 Å². The number of halogens is 1. The second-order valence-corrected chi connectivity index (χ2v) is 10.3. The molecule has 1 aromatic carbocycles. The highest BCUT2D eigenvalue weighted by molar-refractivity contribution is 6.34. The highest BCUT2D eigenvalue weighted by Crippen LogP contribution is 2.48. The smallest absolute Gasteiger partial charge is 0.255 e. The van der Waals surface area contributed by atoms with E-state index >= 15 is 0 Å². The second-order valence-electron chi connectivity index (χ2n) is 9.90. The van der Waals surface area contributed by atoms with E-state index in [2.05, 4.69) is 19.2 Å². The number of carbonyl (C=O) groups is 3. The lowest BCUT2D eigenvalue weighted by molar-refractivity contribution is -0.124. The Kier molecular flexibility index (Phi) is 8.66. The number of carbonyl (C=O) groups excluding carboxylic acids is 3. The Morgan fingerprint density at radius 3 is 2.35 bits per heavy atom. The number of nitrogens with one attached hydrogen (secondary N) is 1. The first kappa shape index (κ1) is 26.5. The summed E-state index contributed by atoms with van der Waals surface area (Å²) >= 11 is 6.76. The van der Waals surface area contributed by atoms with Gasteiger partial charge in [-0.3, -0.25) is 14.4 Å². The number of benzene rings is 1. The molecule has 34 heavy (non-hydrogen) atoms. The number of hydrogen-bond donors (Lipinski definition) is 1. The van der Waals surface area contributed by atoms with Crippen molar-refractivity contribution in [3.63, 3.8) is 0 Å². The lowest BCUT2D eigenvalue weighted by Gasteiger charge is -2.37. The second kappa shape index (κ2) is 11.1. The fourth-order valence-corrected chi connectivity index (χ4v) is 5.97. The average Bonchev–Trinajstić information content (AvgIpc) is 3.05. The third-order valence-corrected chi connectivity index (χ3v) is 8.03. The Labute approximate surface area is 209 Å². The first-order valence-electron chi connectivity index (χ1n) is 13.0. The maximum Gasteiger partial charge on any atom is 0.255 e. The normalized spacial score (nSPS) is 17.7. The molecule has 0 unspecified atom stereocenters. The maximum atomic E-state index is 13.8. The molecule has 1 aromatic rings. The SMILES string of the molecule is CCC(=O)NCCN1C(=O)C(CC)(CC)c2cc(Cl)c(C(=O)N(C(C)C)C3CCCCC3)cc21. The molecular formula is C27H40ClN3O3. The molecule has 1 heterocycles. The average molecular weight is 490 g/mol. The summed E-state index contributed by atoms with van der Waals surface area (Å²) in [7, 11) is 0. The molecule has 7 heteroatoms. The van der Waals surface area contributed by atoms with E-state index in [1.54, 1.807) is 11.8 Å². The molecule has 3 amide bonds. The van der Waals surface area contributed by atoms with Crippen LogP contribution in [0.1, 0.15) is 102 Å². The van der Waals surface area contributed by atoms with Crippen LogP contribution < -0.4 is 10.2 Å². The van der Waals surface area contributed by atoms with E-state index in [9.17, 15) is 14.4 Å². The molecule has 0 bridgehead atoms. The summed E-state index contributed by atoms with van der Waals surface area (Å²) in [5.41, 5.74) is 1.44. The number of rotatable bonds is 9. The van der Waals surface area contributed by atoms with Gasteiger partial charge >= 0.3 is 0 Å². The fraction of sp³-hybridized carbons (Fsp3) is 0.667. The Balaban J connectivity index is 2.01. The van der Waals surface area contributed by atoms with Crippen LogP contribution in [0.5, 0.6) is 0 Å². The topological polar surface area (TPSA) is 69.7 Å². The number of hydrogen-bond acceptors (Lipinski definition) is 3. The maximum absolute atomic E-state index is 13.8. The van der Waals surface area contributed by atoms with Gasteiger partial charge < -0.3 is 15.1 Å². The highest BCUT2D eigenvalue weighted by Gasteiger charge is 2.49. The molecule has 3 rings (SSSR count). The van der Waals surface area contributed by atoms with Gasteiger partial charge in [0.25, 0.3) is 5.91 Å². The standard InChI is InChI=1S/C27H40ClN3O3/c1-6-24(32)29-14-15-30-23-16-20(22(28)17-21(23)27(7-2,8-3)26(30)34)25(33)31(18(4)5)19-12-10-9-11-13-19/h16-19H,6-15H2,1-5H3,(H,29,32). The van der Waals surface area contributed by atoms with Gasteiger partial charge in [-0.25, -0.2) is 0 Å². The monoisotopic (exact) mass is 489 g/mol. The molecule has 6 nitrogen and oxygen atoms in total. The van der Waals surface area contributed by atoms with Crippen molar-refractivity contribution in [3.05, 3.63) is 28.3 Å². The molecule has 1 saturated carbocycles. The van der Waals surface area contributed by atoms with Crippen LogP contribution in [-0.4, -0.2) is 47.8 Å². The van der Waals surface area contributed by atoms with Crippen molar-refractivity contribution in [2.75, 3.05) is 18.0 Å². The van der Waals surface area contributed by atoms with Crippen molar-refractivity contribution in [2.24, 2.45) is 0 Å². The van der Waals surface area contributed by atoms with Gasteiger partial charge in [0.2, 0.25) is 11.8 Å². The molecule has 2 aliphatic rings. The minimum Gasteiger partial charge on any atom is -0.354 e. The zero-order valence-electron chi connectivity index (χ0n) is 21.4. The number of amides is 3. The van der Waals surface area contributed by atoms with Crippen LogP contribution in [0, 0.1) is 0 Å². The molecule has 188 valence electrons. The quantitative estimate of drug-likeness (QED) is 0.501. The zero-order chi connectivity index (χ0) is 25.0. The van der Waals surface area contributed by atoms with Gasteiger partial charge in [-0.15, -0.1) is 0 Å². The summed E-state index contributed by atoms with van der Waals surface area (Å²) in [6.45, 7) is 10.7. The predicted octanol–water partition coefficient (Wildman–Crippen LogP) is 5.45. The van der Waals surface area contributed by atoms with E-state index < -0.39 is 5.41 Å². The van der Waals surface area contributed by atoms with E-state index in [-0.39, 0.29) is 29.8 Å². The van der Waals surface area contributed by atoms with E-state index in [0.29, 0.717) is 42.9 Å². The largest absolute Gasteiger partial charge is 0.354 e. The summed E-state index contributed by atoms with van der Waals surface area (Å²) < 4.78 is 0. The van der Waals surface area contributed by atoms with Crippen LogP contribution in [0.15, 0.2) is 12.1 Å². The molecule has 0 atom stereocenters. The minimum atomic E-state index is -0.656. The molecule has 0 spiro atoms. The van der Waals surface area contributed by atoms with Gasteiger partial charge in [0.05, 0.1) is 16.0 Å². The van der Waals surface area contributed by atoms with Crippen molar-refractivity contribution in [3.8, 4) is 0 Å². The molecule has 0 saturated heterocycles. The van der Waals surface area contributed by atoms with Crippen molar-refractivity contribution in [2.45, 2.75) is 103 Å². The van der Waals surface area contributed by atoms with Gasteiger partial charge in [0.15, 0.2) is 0 Å². The summed E-state index contributed by atoms with van der Waals surface area (Å²) in [5.74, 6) is -0.0880. The lowest BCUT2D eigenvalue weighted by atomic mass is 9.76. The third kappa shape index (κ3) is 4.84. The molecule has 1 aliphatic carbocycles. The van der Waals surface area contributed by atoms with E-state index in [0.717, 1.165) is 36.9 Å². The first-order valence-corrected chi connectivity index (χ1v) is 13.3. The van der Waals surface area contributed by atoms with Crippen molar-refractivity contribution < 1.29 is 14.4 Å². The molecule has 1 fully saturated rings. The molecule has 1 N–H and O–H groups in total. The molecular weight excluding hydrogens is 450 g/mol. The van der Waals surface area contributed by atoms with Crippen molar-refractivity contribution in [1.29, 1.82) is 0 Å². The predicted molar refractivity (Wildman–Crippen MR) is 138 cm³/mol. The Morgan fingerprint density at radius 2 is 1.79 bits per heavy atom. The number of fused-ring (bicyclic) bond motifs is 1. The Bertz CT molecular complexity index is 920. The molecule has 0 radical (unpaired) electrons. The minimum absolute atomic E-state index is 0.0203. The lowest BCUT2D eigenvalue weighted by Crippen LogP contribution is -2.46.